The van der Waals surface area contributed by atoms with E-state index in [9.17, 15) is 4.57 Å². The fourth-order valence-electron chi connectivity index (χ4n) is 0.847. The van der Waals surface area contributed by atoms with E-state index in [1.165, 1.54) is 0 Å². The summed E-state index contributed by atoms with van der Waals surface area (Å²) in [5, 5.41) is 12.2. The van der Waals surface area contributed by atoms with Crippen LogP contribution in [-0.4, -0.2) is 18.8 Å². The normalized spacial score (nSPS) is 12.1. The lowest BCUT2D eigenvalue weighted by molar-refractivity contribution is 0.135. The van der Waals surface area contributed by atoms with E-state index in [4.69, 9.17) is 14.3 Å². The standard InChI is InChI=1S/C9H18N2O3P/c1-8(2)13-15(12,14-9(3)4)11-7-5-6-10/h8-9H,5,7H2,1-4H3. The summed E-state index contributed by atoms with van der Waals surface area (Å²) in [7, 11) is -3.39. The first-order valence-corrected chi connectivity index (χ1v) is 6.42. The second kappa shape index (κ2) is 6.97. The monoisotopic (exact) mass is 233 g/mol. The fourth-order valence-corrected chi connectivity index (χ4v) is 2.44. The molecule has 0 aliphatic rings. The molecule has 0 aliphatic carbocycles. The Balaban J connectivity index is 4.29. The molecule has 0 atom stereocenters. The van der Waals surface area contributed by atoms with Crippen LogP contribution in [0.15, 0.2) is 0 Å². The van der Waals surface area contributed by atoms with Gasteiger partial charge in [-0.1, -0.05) is 0 Å². The minimum absolute atomic E-state index is 0.174. The molecule has 0 saturated carbocycles. The summed E-state index contributed by atoms with van der Waals surface area (Å²) in [4.78, 5) is 0. The van der Waals surface area contributed by atoms with Crippen molar-refractivity contribution >= 4 is 7.75 Å². The van der Waals surface area contributed by atoms with Crippen molar-refractivity contribution in [3.63, 3.8) is 0 Å². The molecule has 0 aromatic heterocycles. The molecule has 0 N–H and O–H groups in total. The third-order valence-electron chi connectivity index (χ3n) is 1.18. The van der Waals surface area contributed by atoms with Gasteiger partial charge in [0.2, 0.25) is 0 Å². The van der Waals surface area contributed by atoms with Gasteiger partial charge in [0.1, 0.15) is 0 Å². The van der Waals surface area contributed by atoms with E-state index in [-0.39, 0.29) is 25.2 Å². The first-order chi connectivity index (χ1) is 6.89. The van der Waals surface area contributed by atoms with E-state index in [0.29, 0.717) is 0 Å². The number of rotatable bonds is 7. The summed E-state index contributed by atoms with van der Waals surface area (Å²) in [6, 6.07) is 1.92. The molecular weight excluding hydrogens is 215 g/mol. The molecule has 1 radical (unpaired) electrons. The Morgan fingerprint density at radius 2 is 1.73 bits per heavy atom. The SMILES string of the molecule is CC(C)OP(=O)([N]CCC#N)OC(C)C. The van der Waals surface area contributed by atoms with Gasteiger partial charge < -0.3 is 0 Å². The minimum atomic E-state index is -3.39. The summed E-state index contributed by atoms with van der Waals surface area (Å²) in [6.45, 7) is 7.21. The van der Waals surface area contributed by atoms with Crippen LogP contribution in [0.1, 0.15) is 34.1 Å². The third-order valence-corrected chi connectivity index (χ3v) is 3.11. The van der Waals surface area contributed by atoms with Gasteiger partial charge in [-0.05, 0) is 27.7 Å². The summed E-state index contributed by atoms with van der Waals surface area (Å²) in [5.74, 6) is 0. The molecule has 0 amide bonds. The molecule has 5 nitrogen and oxygen atoms in total. The highest BCUT2D eigenvalue weighted by Gasteiger charge is 2.28. The first kappa shape index (κ1) is 14.6. The topological polar surface area (TPSA) is 73.4 Å². The maximum Gasteiger partial charge on any atom is 0.422 e. The quantitative estimate of drug-likeness (QED) is 0.500. The Labute approximate surface area is 91.3 Å². The van der Waals surface area contributed by atoms with E-state index in [1.807, 2.05) is 6.07 Å². The Morgan fingerprint density at radius 1 is 1.27 bits per heavy atom. The summed E-state index contributed by atoms with van der Waals surface area (Å²) >= 11 is 0. The molecule has 0 aromatic carbocycles. The van der Waals surface area contributed by atoms with Crippen molar-refractivity contribution in [3.05, 3.63) is 0 Å². The Hall–Kier alpha value is -0.400. The number of hydrogen-bond acceptors (Lipinski definition) is 4. The van der Waals surface area contributed by atoms with Crippen molar-refractivity contribution in [1.82, 2.24) is 5.09 Å². The van der Waals surface area contributed by atoms with Gasteiger partial charge in [-0.2, -0.15) is 5.26 Å². The van der Waals surface area contributed by atoms with Crippen molar-refractivity contribution in [1.29, 1.82) is 5.26 Å². The lowest BCUT2D eigenvalue weighted by Crippen LogP contribution is -2.15. The zero-order valence-electron chi connectivity index (χ0n) is 9.64. The Kier molecular flexibility index (Phi) is 6.78. The smallest absolute Gasteiger partial charge is 0.293 e. The molecule has 0 fully saturated rings. The summed E-state index contributed by atoms with van der Waals surface area (Å²) in [5.41, 5.74) is 0. The van der Waals surface area contributed by atoms with Gasteiger partial charge in [-0.3, -0.25) is 9.05 Å². The van der Waals surface area contributed by atoms with Crippen molar-refractivity contribution in [2.75, 3.05) is 6.54 Å². The molecule has 0 heterocycles. The van der Waals surface area contributed by atoms with Crippen LogP contribution < -0.4 is 5.09 Å². The molecule has 6 heteroatoms. The number of nitriles is 1. The van der Waals surface area contributed by atoms with Crippen molar-refractivity contribution in [3.8, 4) is 6.07 Å². The van der Waals surface area contributed by atoms with Crippen LogP contribution >= 0.6 is 7.75 Å². The zero-order valence-corrected chi connectivity index (χ0v) is 10.5. The van der Waals surface area contributed by atoms with Gasteiger partial charge in [0.15, 0.2) is 0 Å². The molecule has 0 saturated heterocycles. The predicted octanol–water partition coefficient (Wildman–Crippen LogP) is 2.46. The molecular formula is C9H18N2O3P. The van der Waals surface area contributed by atoms with E-state index in [0.717, 1.165) is 0 Å². The van der Waals surface area contributed by atoms with E-state index < -0.39 is 7.75 Å². The van der Waals surface area contributed by atoms with Crippen molar-refractivity contribution < 1.29 is 13.6 Å². The van der Waals surface area contributed by atoms with Crippen LogP contribution in [0.25, 0.3) is 0 Å². The fraction of sp³-hybridized carbons (Fsp3) is 0.889. The van der Waals surface area contributed by atoms with Crippen LogP contribution in [0.2, 0.25) is 0 Å². The second-order valence-electron chi connectivity index (χ2n) is 3.55. The van der Waals surface area contributed by atoms with E-state index >= 15 is 0 Å². The summed E-state index contributed by atoms with van der Waals surface area (Å²) < 4.78 is 22.3. The average Bonchev–Trinajstić information content (AvgIpc) is 2.00. The van der Waals surface area contributed by atoms with Gasteiger partial charge in [0, 0.05) is 13.0 Å². The van der Waals surface area contributed by atoms with E-state index in [2.05, 4.69) is 5.09 Å². The average molecular weight is 233 g/mol. The lowest BCUT2D eigenvalue weighted by atomic mass is 10.5. The highest BCUT2D eigenvalue weighted by molar-refractivity contribution is 7.51. The number of nitrogens with zero attached hydrogens (tertiary/aromatic N) is 2. The maximum atomic E-state index is 12.0. The third kappa shape index (κ3) is 7.52. The lowest BCUT2D eigenvalue weighted by Gasteiger charge is -2.21. The van der Waals surface area contributed by atoms with Crippen LogP contribution in [0.3, 0.4) is 0 Å². The van der Waals surface area contributed by atoms with Crippen LogP contribution in [0, 0.1) is 11.3 Å². The first-order valence-electron chi connectivity index (χ1n) is 4.92. The van der Waals surface area contributed by atoms with E-state index in [1.54, 1.807) is 27.7 Å². The van der Waals surface area contributed by atoms with Gasteiger partial charge >= 0.3 is 7.75 Å². The molecule has 0 aromatic rings. The zero-order chi connectivity index (χ0) is 11.9. The van der Waals surface area contributed by atoms with Crippen LogP contribution in [0.4, 0.5) is 0 Å². The second-order valence-corrected chi connectivity index (χ2v) is 5.19. The van der Waals surface area contributed by atoms with Crippen molar-refractivity contribution in [2.24, 2.45) is 0 Å². The van der Waals surface area contributed by atoms with Gasteiger partial charge in [0.25, 0.3) is 0 Å². The Morgan fingerprint density at radius 3 is 2.07 bits per heavy atom. The van der Waals surface area contributed by atoms with Gasteiger partial charge in [-0.25, -0.2) is 4.57 Å². The van der Waals surface area contributed by atoms with Gasteiger partial charge in [0.05, 0.1) is 18.3 Å². The van der Waals surface area contributed by atoms with Crippen molar-refractivity contribution in [2.45, 2.75) is 46.3 Å². The molecule has 15 heavy (non-hydrogen) atoms. The molecule has 0 rings (SSSR count). The molecule has 0 bridgehead atoms. The predicted molar refractivity (Wildman–Crippen MR) is 57.3 cm³/mol. The minimum Gasteiger partial charge on any atom is -0.293 e. The number of hydrogen-bond donors (Lipinski definition) is 0. The summed E-state index contributed by atoms with van der Waals surface area (Å²) in [6.07, 6.45) is -0.228. The molecule has 87 valence electrons. The molecule has 0 aliphatic heterocycles. The maximum absolute atomic E-state index is 12.0. The van der Waals surface area contributed by atoms with Gasteiger partial charge in [-0.15, -0.1) is 5.09 Å². The molecule has 0 spiro atoms. The van der Waals surface area contributed by atoms with Crippen LogP contribution in [0.5, 0.6) is 0 Å². The Bertz CT molecular complexity index is 247. The highest BCUT2D eigenvalue weighted by Crippen LogP contribution is 2.47. The largest absolute Gasteiger partial charge is 0.422 e. The van der Waals surface area contributed by atoms with Crippen LogP contribution in [-0.2, 0) is 13.6 Å². The molecule has 0 unspecified atom stereocenters. The highest BCUT2D eigenvalue weighted by atomic mass is 31.2.